The number of hydrogen-bond acceptors (Lipinski definition) is 4. The molecule has 2 aromatic rings. The van der Waals surface area contributed by atoms with E-state index in [1.165, 1.54) is 37.3 Å². The molecule has 1 aliphatic heterocycles. The number of pyridine rings is 1. The Balaban J connectivity index is 1.48. The summed E-state index contributed by atoms with van der Waals surface area (Å²) in [5.74, 6) is 0. The van der Waals surface area contributed by atoms with Crippen LogP contribution >= 0.6 is 11.6 Å². The molecule has 0 atom stereocenters. The van der Waals surface area contributed by atoms with E-state index in [4.69, 9.17) is 11.6 Å². The van der Waals surface area contributed by atoms with Crippen molar-refractivity contribution in [1.82, 2.24) is 14.8 Å². The van der Waals surface area contributed by atoms with Crippen LogP contribution in [0, 0.1) is 0 Å². The second-order valence-corrected chi connectivity index (χ2v) is 6.63. The van der Waals surface area contributed by atoms with E-state index in [1.807, 2.05) is 12.1 Å². The van der Waals surface area contributed by atoms with E-state index < -0.39 is 0 Å². The molecule has 0 amide bonds. The zero-order chi connectivity index (χ0) is 16.8. The average Bonchev–Trinajstić information content (AvgIpc) is 2.62. The highest BCUT2D eigenvalue weighted by Gasteiger charge is 2.15. The maximum absolute atomic E-state index is 5.90. The van der Waals surface area contributed by atoms with Gasteiger partial charge in [-0.15, -0.1) is 0 Å². The van der Waals surface area contributed by atoms with Gasteiger partial charge in [-0.05, 0) is 29.8 Å². The van der Waals surface area contributed by atoms with E-state index in [0.29, 0.717) is 5.15 Å². The van der Waals surface area contributed by atoms with Gasteiger partial charge in [0.1, 0.15) is 5.15 Å². The number of nitrogens with one attached hydrogen (secondary N) is 1. The molecule has 128 valence electrons. The van der Waals surface area contributed by atoms with E-state index in [-0.39, 0.29) is 0 Å². The van der Waals surface area contributed by atoms with Crippen LogP contribution in [0.4, 0.5) is 5.69 Å². The molecule has 1 N–H and O–H groups in total. The molecule has 0 saturated carbocycles. The summed E-state index contributed by atoms with van der Waals surface area (Å²) in [6, 6.07) is 12.6. The van der Waals surface area contributed by atoms with Crippen molar-refractivity contribution in [2.75, 3.05) is 38.0 Å². The van der Waals surface area contributed by atoms with E-state index >= 15 is 0 Å². The lowest BCUT2D eigenvalue weighted by molar-refractivity contribution is 0.132. The molecule has 0 radical (unpaired) electrons. The van der Waals surface area contributed by atoms with Crippen LogP contribution in [-0.2, 0) is 13.1 Å². The van der Waals surface area contributed by atoms with Crippen molar-refractivity contribution in [2.24, 2.45) is 0 Å². The first-order valence-corrected chi connectivity index (χ1v) is 8.98. The summed E-state index contributed by atoms with van der Waals surface area (Å²) in [4.78, 5) is 9.04. The second kappa shape index (κ2) is 8.47. The zero-order valence-corrected chi connectivity index (χ0v) is 15.0. The SMILES string of the molecule is CCN1CCN(Cc2ccc(CNc3ccnc(Cl)c3)cc2)CC1. The van der Waals surface area contributed by atoms with Crippen molar-refractivity contribution >= 4 is 17.3 Å². The van der Waals surface area contributed by atoms with E-state index in [0.717, 1.165) is 25.3 Å². The number of anilines is 1. The largest absolute Gasteiger partial charge is 0.381 e. The molecule has 4 nitrogen and oxygen atoms in total. The van der Waals surface area contributed by atoms with Crippen molar-refractivity contribution < 1.29 is 0 Å². The van der Waals surface area contributed by atoms with Gasteiger partial charge >= 0.3 is 0 Å². The number of rotatable bonds is 6. The van der Waals surface area contributed by atoms with Gasteiger partial charge in [0.05, 0.1) is 0 Å². The number of aromatic nitrogens is 1. The van der Waals surface area contributed by atoms with E-state index in [1.54, 1.807) is 6.20 Å². The minimum Gasteiger partial charge on any atom is -0.381 e. The highest BCUT2D eigenvalue weighted by Crippen LogP contribution is 2.14. The highest BCUT2D eigenvalue weighted by molar-refractivity contribution is 6.29. The maximum Gasteiger partial charge on any atom is 0.131 e. The Bertz CT molecular complexity index is 636. The minimum atomic E-state index is 0.513. The van der Waals surface area contributed by atoms with Gasteiger partial charge in [0.25, 0.3) is 0 Å². The molecule has 1 saturated heterocycles. The van der Waals surface area contributed by atoms with Crippen LogP contribution in [0.15, 0.2) is 42.6 Å². The molecule has 0 unspecified atom stereocenters. The van der Waals surface area contributed by atoms with Gasteiger partial charge in [0.2, 0.25) is 0 Å². The normalized spacial score (nSPS) is 16.2. The number of halogens is 1. The number of likely N-dealkylation sites (N-methyl/N-ethyl adjacent to an activating group) is 1. The first-order valence-electron chi connectivity index (χ1n) is 8.61. The van der Waals surface area contributed by atoms with Crippen LogP contribution in [0.2, 0.25) is 5.15 Å². The van der Waals surface area contributed by atoms with E-state index in [9.17, 15) is 0 Å². The van der Waals surface area contributed by atoms with Crippen LogP contribution in [-0.4, -0.2) is 47.5 Å². The molecule has 0 aliphatic carbocycles. The summed E-state index contributed by atoms with van der Waals surface area (Å²) < 4.78 is 0. The third-order valence-corrected chi connectivity index (χ3v) is 4.77. The first-order chi connectivity index (χ1) is 11.7. The monoisotopic (exact) mass is 344 g/mol. The third kappa shape index (κ3) is 4.94. The molecule has 24 heavy (non-hydrogen) atoms. The number of benzene rings is 1. The Morgan fingerprint density at radius 3 is 2.33 bits per heavy atom. The molecule has 1 fully saturated rings. The summed E-state index contributed by atoms with van der Waals surface area (Å²) in [7, 11) is 0. The van der Waals surface area contributed by atoms with Gasteiger partial charge < -0.3 is 10.2 Å². The summed E-state index contributed by atoms with van der Waals surface area (Å²) in [6.07, 6.45) is 1.71. The molecule has 0 bridgehead atoms. The molecule has 1 aliphatic rings. The Morgan fingerprint density at radius 2 is 1.67 bits per heavy atom. The van der Waals surface area contributed by atoms with Gasteiger partial charge in [-0.1, -0.05) is 42.8 Å². The van der Waals surface area contributed by atoms with Crippen molar-refractivity contribution in [2.45, 2.75) is 20.0 Å². The van der Waals surface area contributed by atoms with Gasteiger partial charge in [0.15, 0.2) is 0 Å². The predicted molar refractivity (Wildman–Crippen MR) is 100 cm³/mol. The zero-order valence-electron chi connectivity index (χ0n) is 14.2. The Labute approximate surface area is 149 Å². The minimum absolute atomic E-state index is 0.513. The lowest BCUT2D eigenvalue weighted by Gasteiger charge is -2.34. The summed E-state index contributed by atoms with van der Waals surface area (Å²) in [5, 5.41) is 3.89. The molecule has 2 heterocycles. The summed E-state index contributed by atoms with van der Waals surface area (Å²) >= 11 is 5.90. The van der Waals surface area contributed by atoms with Crippen molar-refractivity contribution in [3.8, 4) is 0 Å². The smallest absolute Gasteiger partial charge is 0.131 e. The van der Waals surface area contributed by atoms with E-state index in [2.05, 4.69) is 51.3 Å². The lowest BCUT2D eigenvalue weighted by Crippen LogP contribution is -2.45. The second-order valence-electron chi connectivity index (χ2n) is 6.25. The Morgan fingerprint density at radius 1 is 1.00 bits per heavy atom. The molecule has 5 heteroatoms. The number of piperazine rings is 1. The number of hydrogen-bond donors (Lipinski definition) is 1. The molecular weight excluding hydrogens is 320 g/mol. The molecule has 3 rings (SSSR count). The fourth-order valence-electron chi connectivity index (χ4n) is 3.00. The Hall–Kier alpha value is -1.62. The number of nitrogens with zero attached hydrogens (tertiary/aromatic N) is 3. The maximum atomic E-state index is 5.90. The van der Waals surface area contributed by atoms with Crippen LogP contribution in [0.1, 0.15) is 18.1 Å². The lowest BCUT2D eigenvalue weighted by atomic mass is 10.1. The summed E-state index contributed by atoms with van der Waals surface area (Å²) in [6.45, 7) is 9.95. The first kappa shape index (κ1) is 17.2. The van der Waals surface area contributed by atoms with Crippen LogP contribution in [0.3, 0.4) is 0 Å². The van der Waals surface area contributed by atoms with Gasteiger partial charge in [-0.25, -0.2) is 4.98 Å². The van der Waals surface area contributed by atoms with Gasteiger partial charge in [-0.3, -0.25) is 4.90 Å². The third-order valence-electron chi connectivity index (χ3n) is 4.56. The van der Waals surface area contributed by atoms with Crippen LogP contribution in [0.25, 0.3) is 0 Å². The highest BCUT2D eigenvalue weighted by atomic mass is 35.5. The fourth-order valence-corrected chi connectivity index (χ4v) is 3.17. The van der Waals surface area contributed by atoms with Crippen molar-refractivity contribution in [3.05, 3.63) is 58.9 Å². The Kier molecular flexibility index (Phi) is 6.07. The standard InChI is InChI=1S/C19H25ClN4/c1-2-23-9-11-24(12-10-23)15-17-5-3-16(4-6-17)14-22-18-7-8-21-19(20)13-18/h3-8,13H,2,9-12,14-15H2,1H3,(H,21,22). The van der Waals surface area contributed by atoms with Crippen LogP contribution in [0.5, 0.6) is 0 Å². The molecule has 0 spiro atoms. The topological polar surface area (TPSA) is 31.4 Å². The predicted octanol–water partition coefficient (Wildman–Crippen LogP) is 3.48. The molecule has 1 aromatic heterocycles. The molecule has 1 aromatic carbocycles. The van der Waals surface area contributed by atoms with Gasteiger partial charge in [-0.2, -0.15) is 0 Å². The molecular formula is C19H25ClN4. The average molecular weight is 345 g/mol. The van der Waals surface area contributed by atoms with Crippen LogP contribution < -0.4 is 5.32 Å². The quantitative estimate of drug-likeness (QED) is 0.813. The van der Waals surface area contributed by atoms with Gasteiger partial charge in [0, 0.05) is 51.2 Å². The van der Waals surface area contributed by atoms with Crippen molar-refractivity contribution in [1.29, 1.82) is 0 Å². The summed E-state index contributed by atoms with van der Waals surface area (Å²) in [5.41, 5.74) is 3.64. The fraction of sp³-hybridized carbons (Fsp3) is 0.421. The van der Waals surface area contributed by atoms with Crippen molar-refractivity contribution in [3.63, 3.8) is 0 Å².